The third kappa shape index (κ3) is 4.22. The summed E-state index contributed by atoms with van der Waals surface area (Å²) in [5.74, 6) is -1.16. The molecule has 0 aliphatic carbocycles. The van der Waals surface area contributed by atoms with E-state index in [-0.39, 0.29) is 6.61 Å². The quantitative estimate of drug-likeness (QED) is 0.761. The Balaban J connectivity index is 1.72. The van der Waals surface area contributed by atoms with E-state index in [1.807, 2.05) is 0 Å². The summed E-state index contributed by atoms with van der Waals surface area (Å²) >= 11 is 0. The monoisotopic (exact) mass is 386 g/mol. The molecule has 28 heavy (non-hydrogen) atoms. The summed E-state index contributed by atoms with van der Waals surface area (Å²) in [5.41, 5.74) is -0.907. The number of carbonyl (C=O) groups excluding carboxylic acids is 2. The molecule has 1 heterocycles. The van der Waals surface area contributed by atoms with Crippen LogP contribution in [0.4, 0.5) is 0 Å². The standard InChI is InChI=1S/C21H22O7/c1-21(24)17(28-19(23)15-11-7-4-8-12-15)16(27-20(21)25-2)13-26-18(22)14-9-5-3-6-10-14/h3-12,16-17,20,24H,13H2,1-2H3/t16-,17-,20-,21?/m1/s1. The third-order valence-electron chi connectivity index (χ3n) is 4.54. The largest absolute Gasteiger partial charge is 0.459 e. The Labute approximate surface area is 162 Å². The normalized spacial score (nSPS) is 26.6. The average Bonchev–Trinajstić information content (AvgIpc) is 2.96. The highest BCUT2D eigenvalue weighted by molar-refractivity contribution is 5.90. The third-order valence-corrected chi connectivity index (χ3v) is 4.54. The predicted octanol–water partition coefficient (Wildman–Crippen LogP) is 2.19. The van der Waals surface area contributed by atoms with Crippen LogP contribution in [0.5, 0.6) is 0 Å². The summed E-state index contributed by atoms with van der Waals surface area (Å²) < 4.78 is 21.6. The Morgan fingerprint density at radius 1 is 1.00 bits per heavy atom. The molecule has 1 aliphatic heterocycles. The highest BCUT2D eigenvalue weighted by Gasteiger charge is 2.56. The molecule has 1 fully saturated rings. The van der Waals surface area contributed by atoms with Gasteiger partial charge in [-0.2, -0.15) is 0 Å². The zero-order chi connectivity index (χ0) is 20.1. The number of aliphatic hydroxyl groups is 1. The van der Waals surface area contributed by atoms with Crippen molar-refractivity contribution >= 4 is 11.9 Å². The van der Waals surface area contributed by atoms with Gasteiger partial charge in [-0.25, -0.2) is 9.59 Å². The minimum atomic E-state index is -1.62. The topological polar surface area (TPSA) is 91.3 Å². The second-order valence-electron chi connectivity index (χ2n) is 6.62. The Morgan fingerprint density at radius 2 is 1.54 bits per heavy atom. The van der Waals surface area contributed by atoms with E-state index in [4.69, 9.17) is 18.9 Å². The Hall–Kier alpha value is -2.74. The maximum Gasteiger partial charge on any atom is 0.338 e. The van der Waals surface area contributed by atoms with Crippen molar-refractivity contribution in [3.63, 3.8) is 0 Å². The molecule has 2 aromatic rings. The van der Waals surface area contributed by atoms with E-state index in [2.05, 4.69) is 0 Å². The molecule has 0 bridgehead atoms. The molecule has 0 spiro atoms. The summed E-state index contributed by atoms with van der Waals surface area (Å²) in [4.78, 5) is 24.6. The predicted molar refractivity (Wildman–Crippen MR) is 98.7 cm³/mol. The minimum Gasteiger partial charge on any atom is -0.459 e. The maximum absolute atomic E-state index is 12.5. The summed E-state index contributed by atoms with van der Waals surface area (Å²) in [5, 5.41) is 10.8. The molecular weight excluding hydrogens is 364 g/mol. The van der Waals surface area contributed by atoms with E-state index >= 15 is 0 Å². The number of hydrogen-bond donors (Lipinski definition) is 1. The SMILES string of the molecule is CO[C@@H]1O[C@H](COC(=O)c2ccccc2)[C@@H](OC(=O)c2ccccc2)C1(C)O. The summed E-state index contributed by atoms with van der Waals surface area (Å²) in [7, 11) is 1.37. The molecular formula is C21H22O7. The van der Waals surface area contributed by atoms with Crippen LogP contribution in [-0.2, 0) is 18.9 Å². The second-order valence-corrected chi connectivity index (χ2v) is 6.62. The van der Waals surface area contributed by atoms with Gasteiger partial charge in [-0.3, -0.25) is 0 Å². The minimum absolute atomic E-state index is 0.212. The zero-order valence-electron chi connectivity index (χ0n) is 15.6. The fourth-order valence-electron chi connectivity index (χ4n) is 3.07. The molecule has 7 heteroatoms. The first-order valence-electron chi connectivity index (χ1n) is 8.82. The van der Waals surface area contributed by atoms with Crippen molar-refractivity contribution in [2.75, 3.05) is 13.7 Å². The van der Waals surface area contributed by atoms with Crippen LogP contribution in [0.25, 0.3) is 0 Å². The number of carbonyl (C=O) groups is 2. The van der Waals surface area contributed by atoms with Gasteiger partial charge in [0.25, 0.3) is 0 Å². The van der Waals surface area contributed by atoms with Crippen molar-refractivity contribution in [3.8, 4) is 0 Å². The number of benzene rings is 2. The van der Waals surface area contributed by atoms with Gasteiger partial charge in [0.15, 0.2) is 18.0 Å². The average molecular weight is 386 g/mol. The van der Waals surface area contributed by atoms with Crippen molar-refractivity contribution in [1.29, 1.82) is 0 Å². The lowest BCUT2D eigenvalue weighted by molar-refractivity contribution is -0.187. The fourth-order valence-corrected chi connectivity index (χ4v) is 3.07. The summed E-state index contributed by atoms with van der Waals surface area (Å²) in [6.07, 6.45) is -3.02. The van der Waals surface area contributed by atoms with E-state index < -0.39 is 36.0 Å². The first-order valence-corrected chi connectivity index (χ1v) is 8.82. The maximum atomic E-state index is 12.5. The van der Waals surface area contributed by atoms with E-state index in [1.54, 1.807) is 60.7 Å². The number of rotatable bonds is 6. The first kappa shape index (κ1) is 20.0. The van der Waals surface area contributed by atoms with E-state index in [0.717, 1.165) is 0 Å². The van der Waals surface area contributed by atoms with Crippen LogP contribution in [-0.4, -0.2) is 54.9 Å². The van der Waals surface area contributed by atoms with E-state index in [1.165, 1.54) is 14.0 Å². The molecule has 7 nitrogen and oxygen atoms in total. The van der Waals surface area contributed by atoms with Crippen molar-refractivity contribution in [2.45, 2.75) is 31.0 Å². The molecule has 0 saturated carbocycles. The van der Waals surface area contributed by atoms with E-state index in [0.29, 0.717) is 11.1 Å². The van der Waals surface area contributed by atoms with Gasteiger partial charge in [0.1, 0.15) is 12.7 Å². The van der Waals surface area contributed by atoms with Crippen molar-refractivity contribution in [2.24, 2.45) is 0 Å². The van der Waals surface area contributed by atoms with Crippen LogP contribution >= 0.6 is 0 Å². The Morgan fingerprint density at radius 3 is 2.07 bits per heavy atom. The lowest BCUT2D eigenvalue weighted by atomic mass is 9.97. The smallest absolute Gasteiger partial charge is 0.338 e. The van der Waals surface area contributed by atoms with Crippen LogP contribution in [0.2, 0.25) is 0 Å². The summed E-state index contributed by atoms with van der Waals surface area (Å²) in [6, 6.07) is 16.9. The van der Waals surface area contributed by atoms with Crippen LogP contribution in [0.15, 0.2) is 60.7 Å². The second kappa shape index (κ2) is 8.52. The Bertz CT molecular complexity index is 804. The molecule has 0 radical (unpaired) electrons. The summed E-state index contributed by atoms with van der Waals surface area (Å²) in [6.45, 7) is 1.24. The lowest BCUT2D eigenvalue weighted by Gasteiger charge is -2.28. The molecule has 0 aromatic heterocycles. The molecule has 0 amide bonds. The van der Waals surface area contributed by atoms with Gasteiger partial charge < -0.3 is 24.1 Å². The van der Waals surface area contributed by atoms with Crippen molar-refractivity contribution in [1.82, 2.24) is 0 Å². The molecule has 3 rings (SSSR count). The van der Waals surface area contributed by atoms with Gasteiger partial charge in [0.05, 0.1) is 11.1 Å². The van der Waals surface area contributed by atoms with Gasteiger partial charge in [-0.15, -0.1) is 0 Å². The number of methoxy groups -OCH3 is 1. The van der Waals surface area contributed by atoms with Gasteiger partial charge in [-0.05, 0) is 31.2 Å². The molecule has 1 N–H and O–H groups in total. The zero-order valence-corrected chi connectivity index (χ0v) is 15.6. The first-order chi connectivity index (χ1) is 13.4. The molecule has 1 saturated heterocycles. The van der Waals surface area contributed by atoms with Gasteiger partial charge in [-0.1, -0.05) is 36.4 Å². The molecule has 4 atom stereocenters. The molecule has 2 aromatic carbocycles. The number of esters is 2. The van der Waals surface area contributed by atoms with Gasteiger partial charge in [0, 0.05) is 7.11 Å². The molecule has 148 valence electrons. The van der Waals surface area contributed by atoms with Crippen LogP contribution in [0, 0.1) is 0 Å². The van der Waals surface area contributed by atoms with Crippen molar-refractivity contribution < 1.29 is 33.6 Å². The van der Waals surface area contributed by atoms with Crippen LogP contribution < -0.4 is 0 Å². The van der Waals surface area contributed by atoms with Crippen LogP contribution in [0.3, 0.4) is 0 Å². The van der Waals surface area contributed by atoms with Gasteiger partial charge in [0.2, 0.25) is 0 Å². The van der Waals surface area contributed by atoms with Crippen molar-refractivity contribution in [3.05, 3.63) is 71.8 Å². The van der Waals surface area contributed by atoms with E-state index in [9.17, 15) is 14.7 Å². The fraction of sp³-hybridized carbons (Fsp3) is 0.333. The highest BCUT2D eigenvalue weighted by Crippen LogP contribution is 2.34. The highest BCUT2D eigenvalue weighted by atomic mass is 16.7. The molecule has 1 unspecified atom stereocenters. The Kier molecular flexibility index (Phi) is 6.08. The number of ether oxygens (including phenoxy) is 4. The lowest BCUT2D eigenvalue weighted by Crippen LogP contribution is -2.49. The van der Waals surface area contributed by atoms with Gasteiger partial charge >= 0.3 is 11.9 Å². The molecule has 1 aliphatic rings. The number of hydrogen-bond acceptors (Lipinski definition) is 7. The van der Waals surface area contributed by atoms with Crippen LogP contribution in [0.1, 0.15) is 27.6 Å².